The minimum atomic E-state index is -1.06. The Bertz CT molecular complexity index is 389. The van der Waals surface area contributed by atoms with Crippen LogP contribution in [-0.4, -0.2) is 17.9 Å². The number of carbonyl (C=O) groups is 1. The lowest BCUT2D eigenvalue weighted by Gasteiger charge is -2.18. The maximum absolute atomic E-state index is 10.7. The molecule has 0 bridgehead atoms. The van der Waals surface area contributed by atoms with Crippen molar-refractivity contribution in [3.63, 3.8) is 0 Å². The van der Waals surface area contributed by atoms with E-state index in [9.17, 15) is 4.79 Å². The molecule has 0 aliphatic carbocycles. The number of aromatic carboxylic acids is 1. The monoisotopic (exact) mass is 214 g/mol. The average molecular weight is 215 g/mol. The third-order valence-electron chi connectivity index (χ3n) is 1.94. The topological polar surface area (TPSA) is 55.8 Å². The molecule has 0 spiro atoms. The van der Waals surface area contributed by atoms with Crippen LogP contribution >= 0.6 is 11.6 Å². The van der Waals surface area contributed by atoms with E-state index in [2.05, 4.69) is 0 Å². The summed E-state index contributed by atoms with van der Waals surface area (Å²) in [5, 5.41) is 9.00. The van der Waals surface area contributed by atoms with Crippen molar-refractivity contribution in [3.8, 4) is 5.75 Å². The summed E-state index contributed by atoms with van der Waals surface area (Å²) in [6.45, 7) is 0.544. The van der Waals surface area contributed by atoms with Gasteiger partial charge in [-0.05, 0) is 12.1 Å². The lowest BCUT2D eigenvalue weighted by Crippen LogP contribution is -2.12. The van der Waals surface area contributed by atoms with Crippen molar-refractivity contribution in [2.75, 3.05) is 6.79 Å². The fraction of sp³-hybridized carbons (Fsp3) is 0.222. The molecule has 0 saturated carbocycles. The van der Waals surface area contributed by atoms with Crippen molar-refractivity contribution in [1.29, 1.82) is 0 Å². The summed E-state index contributed by atoms with van der Waals surface area (Å²) >= 11 is 5.76. The SMILES string of the molecule is O=C(O)c1cc2c(cc1Cl)COCO2. The molecule has 0 unspecified atom stereocenters. The molecule has 1 aliphatic rings. The highest BCUT2D eigenvalue weighted by Crippen LogP contribution is 2.29. The molecule has 1 N–H and O–H groups in total. The van der Waals surface area contributed by atoms with Gasteiger partial charge in [0.15, 0.2) is 6.79 Å². The van der Waals surface area contributed by atoms with Gasteiger partial charge >= 0.3 is 5.97 Å². The second-order valence-corrected chi connectivity index (χ2v) is 3.26. The molecule has 0 saturated heterocycles. The van der Waals surface area contributed by atoms with Crippen molar-refractivity contribution in [2.24, 2.45) is 0 Å². The Labute approximate surface area is 85.0 Å². The Balaban J connectivity index is 2.50. The molecule has 74 valence electrons. The van der Waals surface area contributed by atoms with E-state index in [-0.39, 0.29) is 17.4 Å². The molecule has 0 amide bonds. The van der Waals surface area contributed by atoms with Gasteiger partial charge in [-0.3, -0.25) is 0 Å². The second kappa shape index (κ2) is 3.48. The zero-order chi connectivity index (χ0) is 10.1. The Morgan fingerprint density at radius 3 is 3.00 bits per heavy atom. The summed E-state index contributed by atoms with van der Waals surface area (Å²) in [4.78, 5) is 10.7. The van der Waals surface area contributed by atoms with E-state index in [1.807, 2.05) is 0 Å². The maximum Gasteiger partial charge on any atom is 0.337 e. The second-order valence-electron chi connectivity index (χ2n) is 2.86. The standard InChI is InChI=1S/C9H7ClO4/c10-7-1-5-3-13-4-14-8(5)2-6(7)9(11)12/h1-2H,3-4H2,(H,11,12). The number of benzene rings is 1. The smallest absolute Gasteiger partial charge is 0.337 e. The van der Waals surface area contributed by atoms with Gasteiger partial charge in [-0.1, -0.05) is 11.6 Å². The molecule has 4 nitrogen and oxygen atoms in total. The first-order valence-corrected chi connectivity index (χ1v) is 4.32. The first kappa shape index (κ1) is 9.30. The minimum Gasteiger partial charge on any atom is -0.478 e. The molecule has 1 aromatic rings. The van der Waals surface area contributed by atoms with Crippen LogP contribution in [0.15, 0.2) is 12.1 Å². The van der Waals surface area contributed by atoms with E-state index in [1.54, 1.807) is 6.07 Å². The first-order valence-electron chi connectivity index (χ1n) is 3.95. The summed E-state index contributed by atoms with van der Waals surface area (Å²) in [5.41, 5.74) is 0.818. The van der Waals surface area contributed by atoms with Crippen LogP contribution in [0, 0.1) is 0 Å². The maximum atomic E-state index is 10.7. The third-order valence-corrected chi connectivity index (χ3v) is 2.25. The highest BCUT2D eigenvalue weighted by molar-refractivity contribution is 6.33. The number of carboxylic acid groups (broad SMARTS) is 1. The van der Waals surface area contributed by atoms with Crippen LogP contribution in [0.3, 0.4) is 0 Å². The number of ether oxygens (including phenoxy) is 2. The summed E-state index contributed by atoms with van der Waals surface area (Å²) in [5.74, 6) is -0.536. The summed E-state index contributed by atoms with van der Waals surface area (Å²) in [7, 11) is 0. The molecular weight excluding hydrogens is 208 g/mol. The predicted molar refractivity (Wildman–Crippen MR) is 48.7 cm³/mol. The molecular formula is C9H7ClO4. The van der Waals surface area contributed by atoms with Gasteiger partial charge in [0.1, 0.15) is 5.75 Å². The van der Waals surface area contributed by atoms with E-state index in [1.165, 1.54) is 6.07 Å². The molecule has 0 aromatic heterocycles. The Morgan fingerprint density at radius 2 is 2.29 bits per heavy atom. The van der Waals surface area contributed by atoms with Crippen molar-refractivity contribution in [2.45, 2.75) is 6.61 Å². The largest absolute Gasteiger partial charge is 0.478 e. The number of hydrogen-bond donors (Lipinski definition) is 1. The normalized spacial score (nSPS) is 14.4. The van der Waals surface area contributed by atoms with Crippen molar-refractivity contribution >= 4 is 17.6 Å². The molecule has 2 rings (SSSR count). The quantitative estimate of drug-likeness (QED) is 0.776. The zero-order valence-corrected chi connectivity index (χ0v) is 7.87. The van der Waals surface area contributed by atoms with Crippen LogP contribution < -0.4 is 4.74 Å². The van der Waals surface area contributed by atoms with E-state index in [4.69, 9.17) is 26.2 Å². The molecule has 0 atom stereocenters. The molecule has 14 heavy (non-hydrogen) atoms. The van der Waals surface area contributed by atoms with Crippen LogP contribution in [0.1, 0.15) is 15.9 Å². The fourth-order valence-electron chi connectivity index (χ4n) is 1.26. The molecule has 1 aromatic carbocycles. The van der Waals surface area contributed by atoms with E-state index in [0.29, 0.717) is 12.4 Å². The Hall–Kier alpha value is -1.26. The Morgan fingerprint density at radius 1 is 1.50 bits per heavy atom. The van der Waals surface area contributed by atoms with Crippen molar-refractivity contribution < 1.29 is 19.4 Å². The number of carboxylic acids is 1. The predicted octanol–water partition coefficient (Wildman–Crippen LogP) is 1.90. The third kappa shape index (κ3) is 1.54. The molecule has 5 heteroatoms. The lowest BCUT2D eigenvalue weighted by atomic mass is 10.1. The first-order chi connectivity index (χ1) is 6.68. The summed E-state index contributed by atoms with van der Waals surface area (Å²) in [6.07, 6.45) is 0. The average Bonchev–Trinajstić information content (AvgIpc) is 2.16. The fourth-order valence-corrected chi connectivity index (χ4v) is 1.53. The van der Waals surface area contributed by atoms with E-state index >= 15 is 0 Å². The number of hydrogen-bond acceptors (Lipinski definition) is 3. The van der Waals surface area contributed by atoms with Crippen molar-refractivity contribution in [3.05, 3.63) is 28.3 Å². The van der Waals surface area contributed by atoms with Crippen LogP contribution in [0.25, 0.3) is 0 Å². The van der Waals surface area contributed by atoms with Gasteiger partial charge in [0.2, 0.25) is 0 Å². The van der Waals surface area contributed by atoms with Crippen LogP contribution in [0.5, 0.6) is 5.75 Å². The van der Waals surface area contributed by atoms with Gasteiger partial charge in [0.25, 0.3) is 0 Å². The molecule has 0 radical (unpaired) electrons. The molecule has 1 heterocycles. The number of rotatable bonds is 1. The molecule has 1 aliphatic heterocycles. The van der Waals surface area contributed by atoms with Crippen LogP contribution in [0.2, 0.25) is 5.02 Å². The van der Waals surface area contributed by atoms with E-state index in [0.717, 1.165) is 5.56 Å². The Kier molecular flexibility index (Phi) is 2.31. The van der Waals surface area contributed by atoms with Gasteiger partial charge in [0.05, 0.1) is 17.2 Å². The molecule has 0 fully saturated rings. The number of fused-ring (bicyclic) bond motifs is 1. The highest BCUT2D eigenvalue weighted by atomic mass is 35.5. The van der Waals surface area contributed by atoms with Crippen molar-refractivity contribution in [1.82, 2.24) is 0 Å². The zero-order valence-electron chi connectivity index (χ0n) is 7.12. The summed E-state index contributed by atoms with van der Waals surface area (Å²) < 4.78 is 10.1. The number of halogens is 1. The lowest BCUT2D eigenvalue weighted by molar-refractivity contribution is -0.0164. The van der Waals surface area contributed by atoms with Gasteiger partial charge < -0.3 is 14.6 Å². The van der Waals surface area contributed by atoms with Gasteiger partial charge in [-0.2, -0.15) is 0 Å². The van der Waals surface area contributed by atoms with Crippen LogP contribution in [0.4, 0.5) is 0 Å². The van der Waals surface area contributed by atoms with Gasteiger partial charge in [0, 0.05) is 5.56 Å². The highest BCUT2D eigenvalue weighted by Gasteiger charge is 2.17. The van der Waals surface area contributed by atoms with Gasteiger partial charge in [-0.25, -0.2) is 4.79 Å². The van der Waals surface area contributed by atoms with Gasteiger partial charge in [-0.15, -0.1) is 0 Å². The minimum absolute atomic E-state index is 0.0484. The summed E-state index contributed by atoms with van der Waals surface area (Å²) in [6, 6.07) is 2.97. The van der Waals surface area contributed by atoms with E-state index < -0.39 is 5.97 Å². The van der Waals surface area contributed by atoms with Crippen LogP contribution in [-0.2, 0) is 11.3 Å².